The Kier molecular flexibility index (Phi) is 4.37. The minimum atomic E-state index is -0.977. The van der Waals surface area contributed by atoms with Gasteiger partial charge in [0.25, 0.3) is 0 Å². The first-order chi connectivity index (χ1) is 8.58. The Morgan fingerprint density at radius 3 is 3.11 bits per heavy atom. The number of halogens is 1. The van der Waals surface area contributed by atoms with E-state index < -0.39 is 12.0 Å². The highest BCUT2D eigenvalue weighted by Gasteiger charge is 2.18. The molecule has 0 saturated heterocycles. The van der Waals surface area contributed by atoms with E-state index in [2.05, 4.69) is 0 Å². The molecule has 0 saturated carbocycles. The van der Waals surface area contributed by atoms with Crippen LogP contribution in [0.2, 0.25) is 5.02 Å². The minimum absolute atomic E-state index is 0.372. The lowest BCUT2D eigenvalue weighted by Crippen LogP contribution is -2.32. The smallest absolute Gasteiger partial charge is 0.321 e. The van der Waals surface area contributed by atoms with Crippen molar-refractivity contribution < 1.29 is 14.6 Å². The fourth-order valence-electron chi connectivity index (χ4n) is 1.82. The molecule has 1 aliphatic rings. The lowest BCUT2D eigenvalue weighted by atomic mass is 10.1. The number of benzene rings is 1. The SMILES string of the molecule is NC(CSCc1cc(Cl)cc2c1OCC2)C(=O)O. The molecule has 0 radical (unpaired) electrons. The molecule has 1 atom stereocenters. The maximum Gasteiger partial charge on any atom is 0.321 e. The second-order valence-electron chi connectivity index (χ2n) is 4.11. The average molecular weight is 288 g/mol. The average Bonchev–Trinajstić information content (AvgIpc) is 2.76. The molecular weight excluding hydrogens is 274 g/mol. The van der Waals surface area contributed by atoms with Crippen LogP contribution in [0.5, 0.6) is 5.75 Å². The number of ether oxygens (including phenoxy) is 1. The van der Waals surface area contributed by atoms with E-state index in [4.69, 9.17) is 27.2 Å². The van der Waals surface area contributed by atoms with E-state index >= 15 is 0 Å². The number of nitrogens with two attached hydrogens (primary N) is 1. The van der Waals surface area contributed by atoms with E-state index in [-0.39, 0.29) is 0 Å². The summed E-state index contributed by atoms with van der Waals surface area (Å²) >= 11 is 7.51. The molecule has 0 aliphatic carbocycles. The van der Waals surface area contributed by atoms with E-state index in [1.807, 2.05) is 12.1 Å². The molecule has 1 unspecified atom stereocenters. The highest BCUT2D eigenvalue weighted by Crippen LogP contribution is 2.34. The van der Waals surface area contributed by atoms with E-state index in [1.165, 1.54) is 11.8 Å². The first-order valence-corrected chi connectivity index (χ1v) is 7.11. The van der Waals surface area contributed by atoms with Gasteiger partial charge < -0.3 is 15.6 Å². The summed E-state index contributed by atoms with van der Waals surface area (Å²) in [4.78, 5) is 10.6. The first kappa shape index (κ1) is 13.5. The normalized spacial score (nSPS) is 15.0. The number of carboxylic acid groups (broad SMARTS) is 1. The van der Waals surface area contributed by atoms with Gasteiger partial charge in [-0.25, -0.2) is 0 Å². The second-order valence-corrected chi connectivity index (χ2v) is 5.58. The van der Waals surface area contributed by atoms with Crippen LogP contribution >= 0.6 is 23.4 Å². The van der Waals surface area contributed by atoms with Gasteiger partial charge in [0, 0.05) is 28.5 Å². The summed E-state index contributed by atoms with van der Waals surface area (Å²) in [7, 11) is 0. The van der Waals surface area contributed by atoms with Gasteiger partial charge in [-0.05, 0) is 17.7 Å². The highest BCUT2D eigenvalue weighted by atomic mass is 35.5. The number of fused-ring (bicyclic) bond motifs is 1. The molecule has 4 nitrogen and oxygen atoms in total. The monoisotopic (exact) mass is 287 g/mol. The maximum absolute atomic E-state index is 10.6. The lowest BCUT2D eigenvalue weighted by molar-refractivity contribution is -0.137. The Morgan fingerprint density at radius 1 is 1.61 bits per heavy atom. The van der Waals surface area contributed by atoms with Gasteiger partial charge in [0.1, 0.15) is 11.8 Å². The van der Waals surface area contributed by atoms with Crippen LogP contribution in [0.3, 0.4) is 0 Å². The number of carbonyl (C=O) groups is 1. The van der Waals surface area contributed by atoms with Crippen molar-refractivity contribution in [2.24, 2.45) is 5.73 Å². The maximum atomic E-state index is 10.6. The van der Waals surface area contributed by atoms with Gasteiger partial charge in [-0.1, -0.05) is 11.6 Å². The lowest BCUT2D eigenvalue weighted by Gasteiger charge is -2.10. The van der Waals surface area contributed by atoms with Gasteiger partial charge in [-0.2, -0.15) is 11.8 Å². The standard InChI is InChI=1S/C12H14ClNO3S/c13-9-3-7-1-2-17-11(7)8(4-9)5-18-6-10(14)12(15)16/h3-4,10H,1-2,5-6,14H2,(H,15,16). The molecule has 18 heavy (non-hydrogen) atoms. The van der Waals surface area contributed by atoms with E-state index in [9.17, 15) is 4.79 Å². The molecule has 1 aromatic rings. The molecule has 1 aromatic carbocycles. The van der Waals surface area contributed by atoms with Crippen molar-refractivity contribution in [2.45, 2.75) is 18.2 Å². The summed E-state index contributed by atoms with van der Waals surface area (Å²) in [5, 5.41) is 9.39. The van der Waals surface area contributed by atoms with Crippen molar-refractivity contribution in [3.05, 3.63) is 28.3 Å². The first-order valence-electron chi connectivity index (χ1n) is 5.58. The van der Waals surface area contributed by atoms with Gasteiger partial charge in [-0.3, -0.25) is 4.79 Å². The molecule has 0 amide bonds. The molecule has 2 rings (SSSR count). The summed E-state index contributed by atoms with van der Waals surface area (Å²) in [5.74, 6) is 0.950. The van der Waals surface area contributed by atoms with Gasteiger partial charge in [0.15, 0.2) is 0 Å². The molecule has 1 heterocycles. The number of rotatable bonds is 5. The van der Waals surface area contributed by atoms with Crippen LogP contribution in [0.25, 0.3) is 0 Å². The topological polar surface area (TPSA) is 72.5 Å². The van der Waals surface area contributed by atoms with E-state index in [0.29, 0.717) is 23.1 Å². The number of carboxylic acids is 1. The molecule has 0 bridgehead atoms. The van der Waals surface area contributed by atoms with Crippen LogP contribution in [0.4, 0.5) is 0 Å². The van der Waals surface area contributed by atoms with Crippen molar-refractivity contribution in [2.75, 3.05) is 12.4 Å². The third-order valence-electron chi connectivity index (χ3n) is 2.70. The van der Waals surface area contributed by atoms with E-state index in [0.717, 1.165) is 23.3 Å². The summed E-state index contributed by atoms with van der Waals surface area (Å²) < 4.78 is 5.57. The Balaban J connectivity index is 2.00. The number of thioether (sulfide) groups is 1. The van der Waals surface area contributed by atoms with Crippen molar-refractivity contribution >= 4 is 29.3 Å². The van der Waals surface area contributed by atoms with Crippen LogP contribution in [-0.2, 0) is 17.0 Å². The zero-order valence-corrected chi connectivity index (χ0v) is 11.3. The minimum Gasteiger partial charge on any atom is -0.493 e. The van der Waals surface area contributed by atoms with Crippen molar-refractivity contribution in [1.29, 1.82) is 0 Å². The van der Waals surface area contributed by atoms with Crippen LogP contribution in [0, 0.1) is 0 Å². The number of hydrogen-bond donors (Lipinski definition) is 2. The van der Waals surface area contributed by atoms with Gasteiger partial charge in [0.05, 0.1) is 6.61 Å². The molecular formula is C12H14ClNO3S. The van der Waals surface area contributed by atoms with Gasteiger partial charge in [0.2, 0.25) is 0 Å². The van der Waals surface area contributed by atoms with Crippen LogP contribution in [0.1, 0.15) is 11.1 Å². The summed E-state index contributed by atoms with van der Waals surface area (Å²) in [5.41, 5.74) is 7.58. The number of hydrogen-bond acceptors (Lipinski definition) is 4. The Morgan fingerprint density at radius 2 is 2.39 bits per heavy atom. The second kappa shape index (κ2) is 5.82. The van der Waals surface area contributed by atoms with Crippen LogP contribution < -0.4 is 10.5 Å². The van der Waals surface area contributed by atoms with Crippen molar-refractivity contribution in [3.63, 3.8) is 0 Å². The van der Waals surface area contributed by atoms with Crippen LogP contribution in [-0.4, -0.2) is 29.5 Å². The Bertz CT molecular complexity index is 467. The molecule has 0 spiro atoms. The largest absolute Gasteiger partial charge is 0.493 e. The van der Waals surface area contributed by atoms with Gasteiger partial charge in [-0.15, -0.1) is 0 Å². The van der Waals surface area contributed by atoms with E-state index in [1.54, 1.807) is 0 Å². The fraction of sp³-hybridized carbons (Fsp3) is 0.417. The highest BCUT2D eigenvalue weighted by molar-refractivity contribution is 7.98. The summed E-state index contributed by atoms with van der Waals surface area (Å²) in [6, 6.07) is 2.95. The predicted octanol–water partition coefficient (Wildman–Crippen LogP) is 1.92. The Labute approximate surface area is 114 Å². The summed E-state index contributed by atoms with van der Waals surface area (Å²) in [6.07, 6.45) is 0.877. The van der Waals surface area contributed by atoms with Gasteiger partial charge >= 0.3 is 5.97 Å². The zero-order valence-electron chi connectivity index (χ0n) is 9.69. The van der Waals surface area contributed by atoms with Crippen molar-refractivity contribution in [3.8, 4) is 5.75 Å². The Hall–Kier alpha value is -0.910. The third kappa shape index (κ3) is 3.10. The molecule has 3 N–H and O–H groups in total. The molecule has 6 heteroatoms. The predicted molar refractivity (Wildman–Crippen MR) is 72.4 cm³/mol. The zero-order chi connectivity index (χ0) is 13.1. The third-order valence-corrected chi connectivity index (χ3v) is 4.03. The van der Waals surface area contributed by atoms with Crippen LogP contribution in [0.15, 0.2) is 12.1 Å². The molecule has 0 aromatic heterocycles. The molecule has 98 valence electrons. The molecule has 0 fully saturated rings. The fourth-order valence-corrected chi connectivity index (χ4v) is 3.03. The summed E-state index contributed by atoms with van der Waals surface area (Å²) in [6.45, 7) is 0.683. The van der Waals surface area contributed by atoms with Crippen molar-refractivity contribution in [1.82, 2.24) is 0 Å². The molecule has 1 aliphatic heterocycles. The quantitative estimate of drug-likeness (QED) is 0.866. The number of aliphatic carboxylic acids is 1.